The summed E-state index contributed by atoms with van der Waals surface area (Å²) in [6, 6.07) is -0.477. The van der Waals surface area contributed by atoms with Gasteiger partial charge in [0, 0.05) is 31.2 Å². The SMILES string of the molecule is CC(=O)c1cn([C@@H]2C[C@@H]2F)c2c(C)c(N3C[C@H]4CC5C[C@]5(N)[C@H]4C3)c(F)c(N)c2c1=O. The smallest absolute Gasteiger partial charge is 0.202 e. The number of nitrogens with two attached hydrogens (primary N) is 2. The van der Waals surface area contributed by atoms with E-state index in [9.17, 15) is 14.0 Å². The average molecular weight is 428 g/mol. The minimum atomic E-state index is -1.06. The highest BCUT2D eigenvalue weighted by molar-refractivity contribution is 6.03. The van der Waals surface area contributed by atoms with E-state index in [-0.39, 0.29) is 22.2 Å². The van der Waals surface area contributed by atoms with Gasteiger partial charge in [-0.05, 0) is 50.0 Å². The van der Waals surface area contributed by atoms with Gasteiger partial charge in [0.2, 0.25) is 5.43 Å². The number of Topliss-reactive ketones (excluding diaryl/α,β-unsaturated/α-hetero) is 1. The molecule has 6 nitrogen and oxygen atoms in total. The van der Waals surface area contributed by atoms with E-state index in [0.29, 0.717) is 54.0 Å². The van der Waals surface area contributed by atoms with Gasteiger partial charge in [-0.15, -0.1) is 0 Å². The molecule has 8 heteroatoms. The Labute approximate surface area is 178 Å². The lowest BCUT2D eigenvalue weighted by Gasteiger charge is -2.26. The topological polar surface area (TPSA) is 94.3 Å². The summed E-state index contributed by atoms with van der Waals surface area (Å²) in [5.74, 6) is 0.261. The minimum absolute atomic E-state index is 0.0255. The number of hydrogen-bond acceptors (Lipinski definition) is 5. The van der Waals surface area contributed by atoms with Crippen LogP contribution in [-0.2, 0) is 0 Å². The van der Waals surface area contributed by atoms with Gasteiger partial charge in [-0.3, -0.25) is 9.59 Å². The van der Waals surface area contributed by atoms with Gasteiger partial charge >= 0.3 is 0 Å². The maximum Gasteiger partial charge on any atom is 0.202 e. The van der Waals surface area contributed by atoms with Crippen molar-refractivity contribution >= 4 is 28.1 Å². The number of ketones is 1. The summed E-state index contributed by atoms with van der Waals surface area (Å²) in [6.07, 6.45) is 2.77. The summed E-state index contributed by atoms with van der Waals surface area (Å²) in [5.41, 5.74) is 13.0. The number of fused-ring (bicyclic) bond motifs is 4. The number of pyridine rings is 1. The van der Waals surface area contributed by atoms with E-state index in [1.165, 1.54) is 13.1 Å². The van der Waals surface area contributed by atoms with Gasteiger partial charge in [0.25, 0.3) is 0 Å². The monoisotopic (exact) mass is 428 g/mol. The van der Waals surface area contributed by atoms with E-state index in [4.69, 9.17) is 11.5 Å². The van der Waals surface area contributed by atoms with Gasteiger partial charge in [-0.1, -0.05) is 0 Å². The molecule has 0 spiro atoms. The average Bonchev–Trinajstić information content (AvgIpc) is 3.49. The Balaban J connectivity index is 1.57. The molecule has 164 valence electrons. The second kappa shape index (κ2) is 5.85. The summed E-state index contributed by atoms with van der Waals surface area (Å²) in [6.45, 7) is 4.39. The van der Waals surface area contributed by atoms with E-state index < -0.39 is 29.2 Å². The maximum atomic E-state index is 15.7. The van der Waals surface area contributed by atoms with Crippen LogP contribution in [-0.4, -0.2) is 35.2 Å². The van der Waals surface area contributed by atoms with Crippen molar-refractivity contribution < 1.29 is 13.6 Å². The summed E-state index contributed by atoms with van der Waals surface area (Å²) in [5, 5.41) is -0.0255. The van der Waals surface area contributed by atoms with Crippen molar-refractivity contribution in [1.82, 2.24) is 4.57 Å². The minimum Gasteiger partial charge on any atom is -0.396 e. The molecule has 0 bridgehead atoms. The van der Waals surface area contributed by atoms with Crippen LogP contribution in [0.15, 0.2) is 11.0 Å². The number of benzene rings is 1. The molecule has 0 amide bonds. The first-order chi connectivity index (χ1) is 14.6. The number of aryl methyl sites for hydroxylation is 1. The van der Waals surface area contributed by atoms with E-state index in [1.54, 1.807) is 11.5 Å². The fourth-order valence-corrected chi connectivity index (χ4v) is 6.50. The number of alkyl halides is 1. The molecule has 31 heavy (non-hydrogen) atoms. The third-order valence-electron chi connectivity index (χ3n) is 8.31. The van der Waals surface area contributed by atoms with Crippen molar-refractivity contribution in [2.75, 3.05) is 23.7 Å². The van der Waals surface area contributed by atoms with Crippen molar-refractivity contribution in [3.63, 3.8) is 0 Å². The number of halogens is 2. The number of aromatic nitrogens is 1. The summed E-state index contributed by atoms with van der Waals surface area (Å²) in [7, 11) is 0. The second-order valence-electron chi connectivity index (χ2n) is 10.1. The normalized spacial score (nSPS) is 35.4. The lowest BCUT2D eigenvalue weighted by molar-refractivity contribution is 0.101. The van der Waals surface area contributed by atoms with E-state index in [2.05, 4.69) is 0 Å². The van der Waals surface area contributed by atoms with Gasteiger partial charge in [-0.2, -0.15) is 0 Å². The first-order valence-electron chi connectivity index (χ1n) is 11.0. The molecule has 1 aromatic carbocycles. The van der Waals surface area contributed by atoms with Crippen LogP contribution in [0.25, 0.3) is 10.9 Å². The Kier molecular flexibility index (Phi) is 3.63. The molecule has 6 rings (SSSR count). The molecule has 4 N–H and O–H groups in total. The van der Waals surface area contributed by atoms with Crippen LogP contribution in [0.3, 0.4) is 0 Å². The third kappa shape index (κ3) is 2.39. The molecule has 0 radical (unpaired) electrons. The van der Waals surface area contributed by atoms with E-state index in [1.807, 2.05) is 4.90 Å². The molecule has 2 heterocycles. The van der Waals surface area contributed by atoms with Crippen LogP contribution < -0.4 is 21.8 Å². The molecule has 4 fully saturated rings. The van der Waals surface area contributed by atoms with Crippen molar-refractivity contribution in [2.45, 2.75) is 50.9 Å². The van der Waals surface area contributed by atoms with Gasteiger partial charge < -0.3 is 20.9 Å². The molecule has 1 saturated heterocycles. The summed E-state index contributed by atoms with van der Waals surface area (Å²) >= 11 is 0. The lowest BCUT2D eigenvalue weighted by atomic mass is 9.92. The Morgan fingerprint density at radius 1 is 1.29 bits per heavy atom. The van der Waals surface area contributed by atoms with Crippen LogP contribution in [0.4, 0.5) is 20.2 Å². The fourth-order valence-electron chi connectivity index (χ4n) is 6.50. The molecular weight excluding hydrogens is 402 g/mol. The highest BCUT2D eigenvalue weighted by atomic mass is 19.1. The summed E-state index contributed by atoms with van der Waals surface area (Å²) < 4.78 is 31.4. The standard InChI is InChI=1S/C23H26F2N4O2/c1-9-20-17(22(31)13(10(2)30)7-29(20)16-4-15(16)24)19(26)18(25)21(9)28-6-11-3-12-5-23(12,27)14(11)8-28/h7,11-12,14-16H,3-6,8,26-27H2,1-2H3/t11-,12?,14+,15+,16-,23-/m1/s1. The Morgan fingerprint density at radius 2 is 2.00 bits per heavy atom. The summed E-state index contributed by atoms with van der Waals surface area (Å²) in [4.78, 5) is 27.1. The number of rotatable bonds is 3. The number of anilines is 2. The zero-order chi connectivity index (χ0) is 22.0. The van der Waals surface area contributed by atoms with E-state index >= 15 is 4.39 Å². The first-order valence-corrected chi connectivity index (χ1v) is 11.0. The maximum absolute atomic E-state index is 15.7. The van der Waals surface area contributed by atoms with Gasteiger partial charge in [-0.25, -0.2) is 8.78 Å². The quantitative estimate of drug-likeness (QED) is 0.579. The molecule has 3 saturated carbocycles. The van der Waals surface area contributed by atoms with Crippen LogP contribution >= 0.6 is 0 Å². The van der Waals surface area contributed by atoms with Crippen molar-refractivity contribution in [3.05, 3.63) is 33.4 Å². The second-order valence-corrected chi connectivity index (χ2v) is 10.1. The molecule has 1 aromatic heterocycles. The van der Waals surface area contributed by atoms with Gasteiger partial charge in [0.1, 0.15) is 6.17 Å². The predicted octanol–water partition coefficient (Wildman–Crippen LogP) is 2.69. The lowest BCUT2D eigenvalue weighted by Crippen LogP contribution is -2.35. The first kappa shape index (κ1) is 19.2. The molecule has 2 aromatic rings. The Hall–Kier alpha value is -2.48. The molecule has 4 aliphatic rings. The number of hydrogen-bond donors (Lipinski definition) is 2. The predicted molar refractivity (Wildman–Crippen MR) is 115 cm³/mol. The van der Waals surface area contributed by atoms with Gasteiger partial charge in [0.15, 0.2) is 11.6 Å². The number of carbonyl (C=O) groups is 1. The fraction of sp³-hybridized carbons (Fsp3) is 0.565. The van der Waals surface area contributed by atoms with E-state index in [0.717, 1.165) is 12.8 Å². The number of nitrogens with zero attached hydrogens (tertiary/aromatic N) is 2. The molecule has 3 aliphatic carbocycles. The zero-order valence-electron chi connectivity index (χ0n) is 17.6. The number of carbonyl (C=O) groups excluding carboxylic acids is 1. The van der Waals surface area contributed by atoms with Crippen molar-refractivity contribution in [2.24, 2.45) is 23.5 Å². The van der Waals surface area contributed by atoms with Crippen LogP contribution in [0.5, 0.6) is 0 Å². The highest BCUT2D eigenvalue weighted by Crippen LogP contribution is 2.62. The van der Waals surface area contributed by atoms with Gasteiger partial charge in [0.05, 0.1) is 33.9 Å². The highest BCUT2D eigenvalue weighted by Gasteiger charge is 2.66. The zero-order valence-corrected chi connectivity index (χ0v) is 17.6. The van der Waals surface area contributed by atoms with Crippen LogP contribution in [0.1, 0.15) is 48.1 Å². The van der Waals surface area contributed by atoms with Crippen molar-refractivity contribution in [1.29, 1.82) is 0 Å². The van der Waals surface area contributed by atoms with Crippen molar-refractivity contribution in [3.8, 4) is 0 Å². The largest absolute Gasteiger partial charge is 0.396 e. The molecule has 6 atom stereocenters. The number of nitrogen functional groups attached to an aromatic ring is 1. The van der Waals surface area contributed by atoms with Crippen LogP contribution in [0.2, 0.25) is 0 Å². The molecule has 1 unspecified atom stereocenters. The molecule has 1 aliphatic heterocycles. The Bertz CT molecular complexity index is 1240. The van der Waals surface area contributed by atoms with Crippen LogP contribution in [0, 0.1) is 30.5 Å². The third-order valence-corrected chi connectivity index (χ3v) is 8.31. The molecular formula is C23H26F2N4O2. The Morgan fingerprint density at radius 3 is 2.61 bits per heavy atom.